The van der Waals surface area contributed by atoms with E-state index >= 15 is 0 Å². The lowest BCUT2D eigenvalue weighted by Crippen LogP contribution is -2.04. The molecule has 0 aliphatic carbocycles. The second-order valence-electron chi connectivity index (χ2n) is 2.77. The van der Waals surface area contributed by atoms with Crippen LogP contribution in [0.5, 0.6) is 5.75 Å². The van der Waals surface area contributed by atoms with Gasteiger partial charge in [-0.25, -0.2) is 0 Å². The summed E-state index contributed by atoms with van der Waals surface area (Å²) in [5, 5.41) is 0.581. The number of fused-ring (bicyclic) bond motifs is 1. The first kappa shape index (κ1) is 9.51. The number of methoxy groups -OCH3 is 1. The zero-order valence-corrected chi connectivity index (χ0v) is 9.57. The summed E-state index contributed by atoms with van der Waals surface area (Å²) in [5.41, 5.74) is 0.546. The Morgan fingerprint density at radius 1 is 1.43 bits per heavy atom. The van der Waals surface area contributed by atoms with Crippen molar-refractivity contribution in [3.63, 3.8) is 0 Å². The second kappa shape index (κ2) is 3.61. The van der Waals surface area contributed by atoms with Crippen LogP contribution in [0.1, 0.15) is 0 Å². The number of hydrogen-bond acceptors (Lipinski definition) is 3. The normalized spacial score (nSPS) is 10.4. The Labute approximate surface area is 93.8 Å². The lowest BCUT2D eigenvalue weighted by atomic mass is 10.2. The number of ether oxygens (including phenoxy) is 1. The summed E-state index contributed by atoms with van der Waals surface area (Å²) >= 11 is 1.95. The van der Waals surface area contributed by atoms with Crippen molar-refractivity contribution in [2.75, 3.05) is 7.11 Å². The minimum absolute atomic E-state index is 0.00509. The van der Waals surface area contributed by atoms with Gasteiger partial charge < -0.3 is 9.15 Å². The molecule has 0 saturated carbocycles. The zero-order valence-electron chi connectivity index (χ0n) is 7.41. The molecule has 0 amide bonds. The molecule has 0 spiro atoms. The lowest BCUT2D eigenvalue weighted by molar-refractivity contribution is 0.414. The van der Waals surface area contributed by atoms with Gasteiger partial charge in [0.25, 0.3) is 0 Å². The fourth-order valence-corrected chi connectivity index (χ4v) is 1.63. The zero-order chi connectivity index (χ0) is 10.1. The summed E-state index contributed by atoms with van der Waals surface area (Å²) in [6.07, 6.45) is 1.45. The van der Waals surface area contributed by atoms with Crippen LogP contribution in [0.15, 0.2) is 33.7 Å². The maximum absolute atomic E-state index is 11.6. The molecule has 0 saturated heterocycles. The fourth-order valence-electron chi connectivity index (χ4n) is 1.21. The topological polar surface area (TPSA) is 39.4 Å². The van der Waals surface area contributed by atoms with Crippen LogP contribution in [0.3, 0.4) is 0 Å². The molecule has 0 radical (unpaired) electrons. The summed E-state index contributed by atoms with van der Waals surface area (Å²) < 4.78 is 10.9. The van der Waals surface area contributed by atoms with Crippen molar-refractivity contribution in [1.29, 1.82) is 0 Å². The van der Waals surface area contributed by atoms with E-state index in [0.717, 1.165) is 0 Å². The molecule has 0 aliphatic rings. The number of benzene rings is 1. The van der Waals surface area contributed by atoms with E-state index in [9.17, 15) is 4.79 Å². The predicted molar refractivity (Wildman–Crippen MR) is 61.8 cm³/mol. The van der Waals surface area contributed by atoms with Crippen molar-refractivity contribution in [1.82, 2.24) is 0 Å². The van der Waals surface area contributed by atoms with Crippen LogP contribution in [-0.4, -0.2) is 7.11 Å². The van der Waals surface area contributed by atoms with Crippen LogP contribution >= 0.6 is 22.6 Å². The van der Waals surface area contributed by atoms with E-state index in [1.165, 1.54) is 6.26 Å². The van der Waals surface area contributed by atoms with Crippen molar-refractivity contribution < 1.29 is 9.15 Å². The Hall–Kier alpha value is -1.04. The van der Waals surface area contributed by atoms with E-state index in [4.69, 9.17) is 9.15 Å². The monoisotopic (exact) mass is 302 g/mol. The summed E-state index contributed by atoms with van der Waals surface area (Å²) in [4.78, 5) is 11.6. The van der Waals surface area contributed by atoms with Gasteiger partial charge >= 0.3 is 0 Å². The average molecular weight is 302 g/mol. The molecule has 2 rings (SSSR count). The first-order valence-electron chi connectivity index (χ1n) is 3.97. The smallest absolute Gasteiger partial charge is 0.205 e. The molecular weight excluding hydrogens is 295 g/mol. The molecule has 0 bridgehead atoms. The van der Waals surface area contributed by atoms with Gasteiger partial charge in [-0.2, -0.15) is 0 Å². The highest BCUT2D eigenvalue weighted by molar-refractivity contribution is 14.1. The molecule has 0 N–H and O–H groups in total. The van der Waals surface area contributed by atoms with Crippen LogP contribution in [0.25, 0.3) is 11.0 Å². The average Bonchev–Trinajstić information content (AvgIpc) is 2.23. The third-order valence-electron chi connectivity index (χ3n) is 1.94. The van der Waals surface area contributed by atoms with Crippen molar-refractivity contribution in [3.05, 3.63) is 38.3 Å². The quantitative estimate of drug-likeness (QED) is 0.759. The van der Waals surface area contributed by atoms with Crippen LogP contribution in [0.4, 0.5) is 0 Å². The number of rotatable bonds is 1. The van der Waals surface area contributed by atoms with E-state index < -0.39 is 0 Å². The Kier molecular flexibility index (Phi) is 2.45. The van der Waals surface area contributed by atoms with Crippen LogP contribution in [0, 0.1) is 3.57 Å². The van der Waals surface area contributed by atoms with Crippen LogP contribution in [0.2, 0.25) is 0 Å². The standard InChI is InChI=1S/C10H7IO3/c1-13-6-2-3-7-9(4-6)14-5-8(11)10(7)12/h2-5H,1H3. The molecule has 1 aromatic heterocycles. The second-order valence-corrected chi connectivity index (χ2v) is 3.94. The van der Waals surface area contributed by atoms with Gasteiger partial charge in [0.2, 0.25) is 5.43 Å². The van der Waals surface area contributed by atoms with E-state index in [1.807, 2.05) is 22.6 Å². The predicted octanol–water partition coefficient (Wildman–Crippen LogP) is 2.41. The van der Waals surface area contributed by atoms with E-state index in [1.54, 1.807) is 25.3 Å². The van der Waals surface area contributed by atoms with Gasteiger partial charge in [-0.3, -0.25) is 4.79 Å². The molecule has 0 aliphatic heterocycles. The third kappa shape index (κ3) is 1.50. The van der Waals surface area contributed by atoms with Gasteiger partial charge in [-0.1, -0.05) is 0 Å². The summed E-state index contributed by atoms with van der Waals surface area (Å²) in [6, 6.07) is 5.16. The van der Waals surface area contributed by atoms with Gasteiger partial charge in [0.1, 0.15) is 17.6 Å². The van der Waals surface area contributed by atoms with Gasteiger partial charge in [0.15, 0.2) is 0 Å². The summed E-state index contributed by atoms with van der Waals surface area (Å²) in [5.74, 6) is 0.682. The molecule has 1 heterocycles. The van der Waals surface area contributed by atoms with Crippen molar-refractivity contribution in [2.24, 2.45) is 0 Å². The highest BCUT2D eigenvalue weighted by Crippen LogP contribution is 2.18. The molecule has 14 heavy (non-hydrogen) atoms. The van der Waals surface area contributed by atoms with Gasteiger partial charge in [0, 0.05) is 6.07 Å². The van der Waals surface area contributed by atoms with Gasteiger partial charge in [-0.15, -0.1) is 0 Å². The Balaban J connectivity index is 2.81. The first-order chi connectivity index (χ1) is 6.72. The molecule has 4 heteroatoms. The molecular formula is C10H7IO3. The fraction of sp³-hybridized carbons (Fsp3) is 0.100. The molecule has 1 aromatic carbocycles. The molecule has 0 unspecified atom stereocenters. The maximum atomic E-state index is 11.6. The Morgan fingerprint density at radius 2 is 2.21 bits per heavy atom. The van der Waals surface area contributed by atoms with Gasteiger partial charge in [0.05, 0.1) is 16.1 Å². The number of halogens is 1. The highest BCUT2D eigenvalue weighted by Gasteiger charge is 2.04. The maximum Gasteiger partial charge on any atom is 0.205 e. The number of hydrogen-bond donors (Lipinski definition) is 0. The van der Waals surface area contributed by atoms with E-state index in [0.29, 0.717) is 20.3 Å². The largest absolute Gasteiger partial charge is 0.497 e. The van der Waals surface area contributed by atoms with Crippen molar-refractivity contribution in [2.45, 2.75) is 0 Å². The van der Waals surface area contributed by atoms with Crippen molar-refractivity contribution in [3.8, 4) is 5.75 Å². The molecule has 0 atom stereocenters. The molecule has 3 nitrogen and oxygen atoms in total. The Morgan fingerprint density at radius 3 is 2.93 bits per heavy atom. The van der Waals surface area contributed by atoms with Crippen LogP contribution < -0.4 is 10.2 Å². The first-order valence-corrected chi connectivity index (χ1v) is 5.05. The minimum atomic E-state index is -0.00509. The molecule has 72 valence electrons. The molecule has 2 aromatic rings. The summed E-state index contributed by atoms with van der Waals surface area (Å²) in [6.45, 7) is 0. The lowest BCUT2D eigenvalue weighted by Gasteiger charge is -2.00. The highest BCUT2D eigenvalue weighted by atomic mass is 127. The Bertz CT molecular complexity index is 530. The van der Waals surface area contributed by atoms with Crippen LogP contribution in [-0.2, 0) is 0 Å². The SMILES string of the molecule is COc1ccc2c(=O)c(I)coc2c1. The summed E-state index contributed by atoms with van der Waals surface area (Å²) in [7, 11) is 1.58. The van der Waals surface area contributed by atoms with Gasteiger partial charge in [-0.05, 0) is 34.7 Å². The van der Waals surface area contributed by atoms with E-state index in [-0.39, 0.29) is 5.43 Å². The third-order valence-corrected chi connectivity index (χ3v) is 2.68. The van der Waals surface area contributed by atoms with Crippen molar-refractivity contribution >= 4 is 33.6 Å². The van der Waals surface area contributed by atoms with E-state index in [2.05, 4.69) is 0 Å². The molecule has 0 fully saturated rings. The minimum Gasteiger partial charge on any atom is -0.497 e.